The molecule has 4 nitrogen and oxygen atoms in total. The van der Waals surface area contributed by atoms with E-state index in [1.165, 1.54) is 0 Å². The van der Waals surface area contributed by atoms with Crippen molar-refractivity contribution in [3.63, 3.8) is 0 Å². The maximum absolute atomic E-state index is 12.0. The van der Waals surface area contributed by atoms with Crippen molar-refractivity contribution in [1.29, 1.82) is 0 Å². The van der Waals surface area contributed by atoms with Crippen LogP contribution in [0.3, 0.4) is 0 Å². The fourth-order valence-electron chi connectivity index (χ4n) is 1.91. The van der Waals surface area contributed by atoms with Crippen LogP contribution in [-0.2, 0) is 16.0 Å². The van der Waals surface area contributed by atoms with Crippen molar-refractivity contribution >= 4 is 23.2 Å². The molecule has 1 rings (SSSR count). The van der Waals surface area contributed by atoms with E-state index in [1.807, 2.05) is 32.0 Å². The lowest BCUT2D eigenvalue weighted by atomic mass is 10.0. The van der Waals surface area contributed by atoms with Crippen LogP contribution in [0.2, 0.25) is 0 Å². The van der Waals surface area contributed by atoms with Gasteiger partial charge in [-0.3, -0.25) is 9.69 Å². The molecular formula is C14H23ClN2O2. The van der Waals surface area contributed by atoms with Crippen molar-refractivity contribution in [3.05, 3.63) is 29.3 Å². The van der Waals surface area contributed by atoms with Gasteiger partial charge in [-0.05, 0) is 31.4 Å². The van der Waals surface area contributed by atoms with Crippen LogP contribution < -0.4 is 11.1 Å². The highest BCUT2D eigenvalue weighted by Crippen LogP contribution is 2.26. The first-order valence-electron chi connectivity index (χ1n) is 6.18. The second kappa shape index (κ2) is 8.91. The van der Waals surface area contributed by atoms with Gasteiger partial charge in [0.2, 0.25) is 5.91 Å². The number of rotatable bonds is 6. The monoisotopic (exact) mass is 286 g/mol. The number of para-hydroxylation sites is 1. The Bertz CT molecular complexity index is 410. The lowest BCUT2D eigenvalue weighted by Gasteiger charge is -2.25. The number of halogens is 1. The maximum Gasteiger partial charge on any atom is 0.243 e. The molecule has 0 unspecified atom stereocenters. The molecule has 0 aliphatic carbocycles. The van der Waals surface area contributed by atoms with Crippen LogP contribution in [-0.4, -0.2) is 25.1 Å². The number of benzene rings is 1. The Morgan fingerprint density at radius 3 is 2.58 bits per heavy atom. The quantitative estimate of drug-likeness (QED) is 0.645. The first kappa shape index (κ1) is 17.9. The van der Waals surface area contributed by atoms with Gasteiger partial charge in [0.1, 0.15) is 12.6 Å². The number of carbonyl (C=O) groups excluding carboxylic acids is 1. The average Bonchev–Trinajstić information content (AvgIpc) is 2.39. The van der Waals surface area contributed by atoms with Gasteiger partial charge in [0, 0.05) is 6.61 Å². The minimum Gasteiger partial charge on any atom is -0.361 e. The molecule has 1 aromatic rings. The van der Waals surface area contributed by atoms with Crippen LogP contribution in [0.5, 0.6) is 0 Å². The standard InChI is InChI=1S/C14H20ClNO2.H3N/c1-4-12-8-6-7-11(3)14(12)16(10-18-5-2)13(17)9-15;/h6-8H,4-5,9-10H2,1-3H3;1H3. The summed E-state index contributed by atoms with van der Waals surface area (Å²) in [6.45, 7) is 6.79. The highest BCUT2D eigenvalue weighted by Gasteiger charge is 2.19. The lowest BCUT2D eigenvalue weighted by molar-refractivity contribution is -0.117. The fraction of sp³-hybridized carbons (Fsp3) is 0.500. The molecule has 0 fully saturated rings. The topological polar surface area (TPSA) is 64.5 Å². The third-order valence-corrected chi connectivity index (χ3v) is 3.04. The molecule has 0 bridgehead atoms. The summed E-state index contributed by atoms with van der Waals surface area (Å²) in [6.07, 6.45) is 0.870. The molecule has 0 spiro atoms. The second-order valence-electron chi connectivity index (χ2n) is 4.01. The zero-order valence-corrected chi connectivity index (χ0v) is 12.7. The Morgan fingerprint density at radius 2 is 2.05 bits per heavy atom. The average molecular weight is 287 g/mol. The number of hydrogen-bond acceptors (Lipinski definition) is 3. The first-order valence-corrected chi connectivity index (χ1v) is 6.71. The van der Waals surface area contributed by atoms with E-state index in [0.717, 1.165) is 23.2 Å². The summed E-state index contributed by atoms with van der Waals surface area (Å²) < 4.78 is 5.37. The molecular weight excluding hydrogens is 264 g/mol. The SMILES string of the molecule is CCOCN(C(=O)CCl)c1c(C)cccc1CC.N. The van der Waals surface area contributed by atoms with Crippen molar-refractivity contribution in [2.75, 3.05) is 24.1 Å². The number of ether oxygens (including phenoxy) is 1. The van der Waals surface area contributed by atoms with Crippen molar-refractivity contribution in [2.45, 2.75) is 27.2 Å². The summed E-state index contributed by atoms with van der Waals surface area (Å²) in [5, 5.41) is 0. The van der Waals surface area contributed by atoms with E-state index in [0.29, 0.717) is 6.61 Å². The van der Waals surface area contributed by atoms with Crippen molar-refractivity contribution < 1.29 is 9.53 Å². The summed E-state index contributed by atoms with van der Waals surface area (Å²) in [5.74, 6) is -0.168. The van der Waals surface area contributed by atoms with Gasteiger partial charge in [0.05, 0.1) is 5.69 Å². The van der Waals surface area contributed by atoms with Crippen molar-refractivity contribution in [1.82, 2.24) is 6.15 Å². The van der Waals surface area contributed by atoms with Crippen molar-refractivity contribution in [2.24, 2.45) is 0 Å². The summed E-state index contributed by atoms with van der Waals surface area (Å²) in [7, 11) is 0. The Morgan fingerprint density at radius 1 is 1.37 bits per heavy atom. The van der Waals surface area contributed by atoms with Gasteiger partial charge < -0.3 is 10.9 Å². The van der Waals surface area contributed by atoms with Gasteiger partial charge in [0.15, 0.2) is 0 Å². The van der Waals surface area contributed by atoms with Gasteiger partial charge in [-0.1, -0.05) is 25.1 Å². The molecule has 1 amide bonds. The molecule has 0 aliphatic rings. The molecule has 0 heterocycles. The molecule has 0 radical (unpaired) electrons. The first-order chi connectivity index (χ1) is 8.65. The molecule has 108 valence electrons. The van der Waals surface area contributed by atoms with Crippen LogP contribution in [0.15, 0.2) is 18.2 Å². The number of nitrogens with zero attached hydrogens (tertiary/aromatic N) is 1. The number of anilines is 1. The number of carbonyl (C=O) groups is 1. The second-order valence-corrected chi connectivity index (χ2v) is 4.28. The summed E-state index contributed by atoms with van der Waals surface area (Å²) in [6, 6.07) is 6.03. The molecule has 5 heteroatoms. The van der Waals surface area contributed by atoms with Gasteiger partial charge in [-0.15, -0.1) is 11.6 Å². The van der Waals surface area contributed by atoms with E-state index < -0.39 is 0 Å². The van der Waals surface area contributed by atoms with Gasteiger partial charge >= 0.3 is 0 Å². The smallest absolute Gasteiger partial charge is 0.243 e. The van der Waals surface area contributed by atoms with E-state index in [1.54, 1.807) is 4.90 Å². The van der Waals surface area contributed by atoms with Gasteiger partial charge in [-0.25, -0.2) is 0 Å². The Labute approximate surface area is 120 Å². The Hall–Kier alpha value is -1.10. The molecule has 0 atom stereocenters. The van der Waals surface area contributed by atoms with Crippen LogP contribution >= 0.6 is 11.6 Å². The predicted molar refractivity (Wildman–Crippen MR) is 80.3 cm³/mol. The maximum atomic E-state index is 12.0. The molecule has 1 aromatic carbocycles. The minimum atomic E-state index is -0.130. The van der Waals surface area contributed by atoms with E-state index in [2.05, 4.69) is 6.92 Å². The van der Waals surface area contributed by atoms with Crippen LogP contribution in [0, 0.1) is 6.92 Å². The molecule has 0 aromatic heterocycles. The predicted octanol–water partition coefficient (Wildman–Crippen LogP) is 3.29. The summed E-state index contributed by atoms with van der Waals surface area (Å²) >= 11 is 5.68. The normalized spacial score (nSPS) is 9.89. The van der Waals surface area contributed by atoms with Crippen LogP contribution in [0.25, 0.3) is 0 Å². The van der Waals surface area contributed by atoms with E-state index in [-0.39, 0.29) is 24.7 Å². The number of hydrogen-bond donors (Lipinski definition) is 1. The Kier molecular flexibility index (Phi) is 8.39. The molecule has 0 saturated heterocycles. The zero-order valence-electron chi connectivity index (χ0n) is 11.9. The van der Waals surface area contributed by atoms with Gasteiger partial charge in [0.25, 0.3) is 0 Å². The van der Waals surface area contributed by atoms with Gasteiger partial charge in [-0.2, -0.15) is 0 Å². The number of amides is 1. The third-order valence-electron chi connectivity index (χ3n) is 2.81. The highest BCUT2D eigenvalue weighted by molar-refractivity contribution is 6.29. The number of aryl methyl sites for hydroxylation is 2. The third kappa shape index (κ3) is 4.49. The fourth-order valence-corrected chi connectivity index (χ4v) is 2.05. The van der Waals surface area contributed by atoms with E-state index >= 15 is 0 Å². The zero-order chi connectivity index (χ0) is 13.5. The lowest BCUT2D eigenvalue weighted by Crippen LogP contribution is -2.35. The molecule has 0 saturated carbocycles. The minimum absolute atomic E-state index is 0. The number of alkyl halides is 1. The molecule has 3 N–H and O–H groups in total. The van der Waals surface area contributed by atoms with Crippen LogP contribution in [0.1, 0.15) is 25.0 Å². The van der Waals surface area contributed by atoms with Crippen molar-refractivity contribution in [3.8, 4) is 0 Å². The van der Waals surface area contributed by atoms with E-state index in [9.17, 15) is 4.79 Å². The highest BCUT2D eigenvalue weighted by atomic mass is 35.5. The van der Waals surface area contributed by atoms with Crippen LogP contribution in [0.4, 0.5) is 5.69 Å². The molecule has 19 heavy (non-hydrogen) atoms. The largest absolute Gasteiger partial charge is 0.361 e. The summed E-state index contributed by atoms with van der Waals surface area (Å²) in [4.78, 5) is 13.6. The Balaban J connectivity index is 0.00000324. The summed E-state index contributed by atoms with van der Waals surface area (Å²) in [5.41, 5.74) is 3.12. The van der Waals surface area contributed by atoms with E-state index in [4.69, 9.17) is 16.3 Å². The molecule has 0 aliphatic heterocycles.